The molecule has 0 fully saturated rings. The Balaban J connectivity index is 2.07. The van der Waals surface area contributed by atoms with Crippen molar-refractivity contribution in [2.24, 2.45) is 0 Å². The minimum atomic E-state index is 0.346. The molecule has 2 aromatic carbocycles. The van der Waals surface area contributed by atoms with E-state index >= 15 is 0 Å². The smallest absolute Gasteiger partial charge is 0.123 e. The van der Waals surface area contributed by atoms with Gasteiger partial charge in [-0.25, -0.2) is 0 Å². The summed E-state index contributed by atoms with van der Waals surface area (Å²) in [6.45, 7) is 0.981. The molecule has 0 aliphatic carbocycles. The number of thioether (sulfide) groups is 1. The fourth-order valence-corrected chi connectivity index (χ4v) is 2.53. The lowest BCUT2D eigenvalue weighted by Gasteiger charge is -2.10. The van der Waals surface area contributed by atoms with E-state index in [0.29, 0.717) is 5.75 Å². The Kier molecular flexibility index (Phi) is 4.76. The predicted octanol–water partition coefficient (Wildman–Crippen LogP) is 4.10. The first-order valence-electron chi connectivity index (χ1n) is 6.26. The molecule has 0 aliphatic heterocycles. The molecular formula is C15H19NOS. The van der Waals surface area contributed by atoms with Crippen molar-refractivity contribution in [2.45, 2.75) is 12.8 Å². The first-order valence-corrected chi connectivity index (χ1v) is 7.66. The SMILES string of the molecule is CSCCCCNc1cccc2c(O)cccc12. The van der Waals surface area contributed by atoms with Crippen molar-refractivity contribution in [2.75, 3.05) is 23.9 Å². The fourth-order valence-electron chi connectivity index (χ4n) is 2.04. The summed E-state index contributed by atoms with van der Waals surface area (Å²) in [4.78, 5) is 0. The molecule has 0 unspecified atom stereocenters. The molecule has 0 saturated heterocycles. The van der Waals surface area contributed by atoms with Gasteiger partial charge in [-0.1, -0.05) is 24.3 Å². The highest BCUT2D eigenvalue weighted by Gasteiger charge is 2.02. The van der Waals surface area contributed by atoms with Crippen molar-refractivity contribution in [3.8, 4) is 5.75 Å². The van der Waals surface area contributed by atoms with Crippen molar-refractivity contribution >= 4 is 28.2 Å². The summed E-state index contributed by atoms with van der Waals surface area (Å²) in [5.41, 5.74) is 1.10. The number of hydrogen-bond acceptors (Lipinski definition) is 3. The molecule has 96 valence electrons. The van der Waals surface area contributed by atoms with Crippen LogP contribution in [-0.2, 0) is 0 Å². The normalized spacial score (nSPS) is 10.7. The zero-order valence-electron chi connectivity index (χ0n) is 10.6. The minimum absolute atomic E-state index is 0.346. The molecule has 2 N–H and O–H groups in total. The number of unbranched alkanes of at least 4 members (excludes halogenated alkanes) is 1. The maximum Gasteiger partial charge on any atom is 0.123 e. The molecule has 2 rings (SSSR count). The van der Waals surface area contributed by atoms with Crippen LogP contribution >= 0.6 is 11.8 Å². The van der Waals surface area contributed by atoms with Crippen LogP contribution in [0.15, 0.2) is 36.4 Å². The molecule has 0 aliphatic rings. The number of benzene rings is 2. The molecular weight excluding hydrogens is 242 g/mol. The first kappa shape index (κ1) is 13.1. The molecule has 18 heavy (non-hydrogen) atoms. The van der Waals surface area contributed by atoms with Crippen LogP contribution in [0.3, 0.4) is 0 Å². The van der Waals surface area contributed by atoms with E-state index in [-0.39, 0.29) is 0 Å². The summed E-state index contributed by atoms with van der Waals surface area (Å²) < 4.78 is 0. The molecule has 2 nitrogen and oxygen atoms in total. The molecule has 3 heteroatoms. The number of anilines is 1. The van der Waals surface area contributed by atoms with Crippen molar-refractivity contribution in [3.63, 3.8) is 0 Å². The van der Waals surface area contributed by atoms with Gasteiger partial charge in [0.2, 0.25) is 0 Å². The minimum Gasteiger partial charge on any atom is -0.507 e. The van der Waals surface area contributed by atoms with Crippen LogP contribution in [0.1, 0.15) is 12.8 Å². The average Bonchev–Trinajstić information content (AvgIpc) is 2.39. The number of phenolic OH excluding ortho intramolecular Hbond substituents is 1. The Morgan fingerprint density at radius 1 is 1.06 bits per heavy atom. The predicted molar refractivity (Wildman–Crippen MR) is 81.7 cm³/mol. The summed E-state index contributed by atoms with van der Waals surface area (Å²) in [5, 5.41) is 15.3. The molecule has 0 atom stereocenters. The third-order valence-electron chi connectivity index (χ3n) is 2.99. The second-order valence-corrected chi connectivity index (χ2v) is 5.29. The van der Waals surface area contributed by atoms with Crippen LogP contribution in [0.5, 0.6) is 5.75 Å². The van der Waals surface area contributed by atoms with Crippen molar-refractivity contribution in [1.82, 2.24) is 0 Å². The zero-order chi connectivity index (χ0) is 12.8. The van der Waals surface area contributed by atoms with Gasteiger partial charge in [-0.3, -0.25) is 0 Å². The molecule has 0 bridgehead atoms. The molecule has 0 radical (unpaired) electrons. The van der Waals surface area contributed by atoms with Crippen LogP contribution in [0, 0.1) is 0 Å². The Hall–Kier alpha value is -1.35. The van der Waals surface area contributed by atoms with Gasteiger partial charge >= 0.3 is 0 Å². The number of aromatic hydroxyl groups is 1. The van der Waals surface area contributed by atoms with Gasteiger partial charge in [-0.15, -0.1) is 0 Å². The van der Waals surface area contributed by atoms with E-state index in [9.17, 15) is 5.11 Å². The fraction of sp³-hybridized carbons (Fsp3) is 0.333. The Labute approximate surface area is 112 Å². The van der Waals surface area contributed by atoms with Crippen LogP contribution in [0.4, 0.5) is 5.69 Å². The second kappa shape index (κ2) is 6.55. The molecule has 0 amide bonds. The van der Waals surface area contributed by atoms with Crippen LogP contribution < -0.4 is 5.32 Å². The summed E-state index contributed by atoms with van der Waals surface area (Å²) in [6.07, 6.45) is 4.56. The monoisotopic (exact) mass is 261 g/mol. The number of phenols is 1. The zero-order valence-corrected chi connectivity index (χ0v) is 11.5. The highest BCUT2D eigenvalue weighted by Crippen LogP contribution is 2.29. The second-order valence-electron chi connectivity index (χ2n) is 4.30. The van der Waals surface area contributed by atoms with E-state index in [0.717, 1.165) is 23.0 Å². The number of rotatable bonds is 6. The van der Waals surface area contributed by atoms with E-state index in [1.165, 1.54) is 18.6 Å². The van der Waals surface area contributed by atoms with Gasteiger partial charge in [-0.05, 0) is 37.0 Å². The highest BCUT2D eigenvalue weighted by atomic mass is 32.2. The van der Waals surface area contributed by atoms with Crippen LogP contribution in [-0.4, -0.2) is 23.7 Å². The Bertz CT molecular complexity index is 513. The van der Waals surface area contributed by atoms with E-state index in [1.807, 2.05) is 36.0 Å². The van der Waals surface area contributed by atoms with E-state index in [1.54, 1.807) is 6.07 Å². The van der Waals surface area contributed by atoms with E-state index in [4.69, 9.17) is 0 Å². The lowest BCUT2D eigenvalue weighted by atomic mass is 10.1. The van der Waals surface area contributed by atoms with E-state index < -0.39 is 0 Å². The van der Waals surface area contributed by atoms with Gasteiger partial charge in [-0.2, -0.15) is 11.8 Å². The lowest BCUT2D eigenvalue weighted by Crippen LogP contribution is -2.02. The molecule has 0 aromatic heterocycles. The third-order valence-corrected chi connectivity index (χ3v) is 3.69. The van der Waals surface area contributed by atoms with Crippen LogP contribution in [0.25, 0.3) is 10.8 Å². The Morgan fingerprint density at radius 3 is 2.67 bits per heavy atom. The molecule has 0 saturated carbocycles. The van der Waals surface area contributed by atoms with E-state index in [2.05, 4.69) is 17.6 Å². The maximum absolute atomic E-state index is 9.81. The molecule has 0 heterocycles. The summed E-state index contributed by atoms with van der Waals surface area (Å²) >= 11 is 1.89. The topological polar surface area (TPSA) is 32.3 Å². The summed E-state index contributed by atoms with van der Waals surface area (Å²) in [7, 11) is 0. The quantitative estimate of drug-likeness (QED) is 0.768. The maximum atomic E-state index is 9.81. The van der Waals surface area contributed by atoms with Crippen molar-refractivity contribution in [3.05, 3.63) is 36.4 Å². The van der Waals surface area contributed by atoms with Gasteiger partial charge in [0.15, 0.2) is 0 Å². The van der Waals surface area contributed by atoms with Crippen molar-refractivity contribution in [1.29, 1.82) is 0 Å². The number of nitrogens with one attached hydrogen (secondary N) is 1. The Morgan fingerprint density at radius 2 is 1.83 bits per heavy atom. The first-order chi connectivity index (χ1) is 8.83. The lowest BCUT2D eigenvalue weighted by molar-refractivity contribution is 0.481. The van der Waals surface area contributed by atoms with Gasteiger partial charge < -0.3 is 10.4 Å². The van der Waals surface area contributed by atoms with Crippen molar-refractivity contribution < 1.29 is 5.11 Å². The number of hydrogen-bond donors (Lipinski definition) is 2. The highest BCUT2D eigenvalue weighted by molar-refractivity contribution is 7.98. The van der Waals surface area contributed by atoms with Crippen LogP contribution in [0.2, 0.25) is 0 Å². The van der Waals surface area contributed by atoms with Gasteiger partial charge in [0.1, 0.15) is 5.75 Å². The largest absolute Gasteiger partial charge is 0.507 e. The molecule has 2 aromatic rings. The van der Waals surface area contributed by atoms with Gasteiger partial charge in [0.25, 0.3) is 0 Å². The third kappa shape index (κ3) is 3.10. The van der Waals surface area contributed by atoms with Gasteiger partial charge in [0, 0.05) is 23.0 Å². The molecule has 0 spiro atoms. The average molecular weight is 261 g/mol. The van der Waals surface area contributed by atoms with Gasteiger partial charge in [0.05, 0.1) is 0 Å². The summed E-state index contributed by atoms with van der Waals surface area (Å²) in [6, 6.07) is 11.6. The number of fused-ring (bicyclic) bond motifs is 1. The standard InChI is InChI=1S/C15H19NOS/c1-18-11-3-2-10-16-14-8-4-7-13-12(14)6-5-9-15(13)17/h4-9,16-17H,2-3,10-11H2,1H3. The summed E-state index contributed by atoms with van der Waals surface area (Å²) in [5.74, 6) is 1.57.